The van der Waals surface area contributed by atoms with Gasteiger partial charge in [-0.25, -0.2) is 8.42 Å². The molecular formula is C9H21N3O2S. The Morgan fingerprint density at radius 2 is 1.87 bits per heavy atom. The first-order chi connectivity index (χ1) is 6.58. The van der Waals surface area contributed by atoms with Crippen LogP contribution in [0, 0.1) is 10.8 Å². The molecule has 0 spiro atoms. The Hall–Kier alpha value is -0.620. The average Bonchev–Trinajstić information content (AvgIpc) is 1.94. The van der Waals surface area contributed by atoms with Gasteiger partial charge in [-0.1, -0.05) is 27.7 Å². The average molecular weight is 235 g/mol. The third-order valence-electron chi connectivity index (χ3n) is 1.71. The van der Waals surface area contributed by atoms with E-state index in [9.17, 15) is 8.42 Å². The monoisotopic (exact) mass is 235 g/mol. The molecule has 5 nitrogen and oxygen atoms in total. The van der Waals surface area contributed by atoms with Crippen molar-refractivity contribution in [1.29, 1.82) is 5.41 Å². The maximum absolute atomic E-state index is 11.9. The van der Waals surface area contributed by atoms with E-state index in [1.165, 1.54) is 4.31 Å². The van der Waals surface area contributed by atoms with Gasteiger partial charge in [-0.05, 0) is 5.41 Å². The van der Waals surface area contributed by atoms with Crippen LogP contribution in [-0.2, 0) is 10.0 Å². The van der Waals surface area contributed by atoms with Crippen LogP contribution in [0.1, 0.15) is 27.7 Å². The number of nitrogens with zero attached hydrogens (tertiary/aromatic N) is 1. The fourth-order valence-electron chi connectivity index (χ4n) is 1.24. The maximum Gasteiger partial charge on any atom is 0.215 e. The lowest BCUT2D eigenvalue weighted by Crippen LogP contribution is -2.41. The predicted octanol–water partition coefficient (Wildman–Crippen LogP) is 0.620. The van der Waals surface area contributed by atoms with Crippen molar-refractivity contribution in [2.75, 3.05) is 18.8 Å². The zero-order chi connectivity index (χ0) is 12.3. The molecule has 0 heterocycles. The van der Waals surface area contributed by atoms with E-state index in [0.29, 0.717) is 6.54 Å². The fraction of sp³-hybridized carbons (Fsp3) is 0.889. The van der Waals surface area contributed by atoms with Crippen molar-refractivity contribution in [2.45, 2.75) is 27.7 Å². The smallest absolute Gasteiger partial charge is 0.215 e. The van der Waals surface area contributed by atoms with E-state index in [1.807, 2.05) is 20.8 Å². The second-order valence-corrected chi connectivity index (χ2v) is 6.74. The largest absolute Gasteiger partial charge is 0.387 e. The normalized spacial score (nSPS) is 13.1. The molecule has 0 saturated carbocycles. The third-order valence-corrected chi connectivity index (χ3v) is 4.11. The summed E-state index contributed by atoms with van der Waals surface area (Å²) in [6, 6.07) is 0. The molecular weight excluding hydrogens is 214 g/mol. The third kappa shape index (κ3) is 5.74. The van der Waals surface area contributed by atoms with Crippen LogP contribution in [0.15, 0.2) is 0 Å². The molecule has 0 aliphatic heterocycles. The summed E-state index contributed by atoms with van der Waals surface area (Å²) in [6.07, 6.45) is 0. The van der Waals surface area contributed by atoms with Gasteiger partial charge in [0.15, 0.2) is 0 Å². The molecule has 15 heavy (non-hydrogen) atoms. The Labute approximate surface area is 92.2 Å². The number of amidine groups is 1. The summed E-state index contributed by atoms with van der Waals surface area (Å²) in [6.45, 7) is 7.67. The van der Waals surface area contributed by atoms with Gasteiger partial charge in [0.25, 0.3) is 0 Å². The van der Waals surface area contributed by atoms with Crippen LogP contribution in [0.5, 0.6) is 0 Å². The number of nitrogens with two attached hydrogens (primary N) is 1. The van der Waals surface area contributed by atoms with Gasteiger partial charge < -0.3 is 5.73 Å². The minimum atomic E-state index is -3.31. The minimum Gasteiger partial charge on any atom is -0.387 e. The standard InChI is InChI=1S/C9H21N3O2S/c1-5-12(6-8(10)11)15(13,14)7-9(2,3)4/h5-7H2,1-4H3,(H3,10,11). The number of nitrogens with one attached hydrogen (secondary N) is 1. The van der Waals surface area contributed by atoms with Crippen molar-refractivity contribution >= 4 is 15.9 Å². The summed E-state index contributed by atoms with van der Waals surface area (Å²) in [5, 5.41) is 7.11. The highest BCUT2D eigenvalue weighted by molar-refractivity contribution is 7.89. The number of likely N-dealkylation sites (N-methyl/N-ethyl adjacent to an activating group) is 1. The van der Waals surface area contributed by atoms with E-state index < -0.39 is 10.0 Å². The molecule has 0 unspecified atom stereocenters. The Bertz CT molecular complexity index is 317. The minimum absolute atomic E-state index is 0.0189. The van der Waals surface area contributed by atoms with Gasteiger partial charge in [0.1, 0.15) is 5.84 Å². The molecule has 0 aliphatic rings. The lowest BCUT2D eigenvalue weighted by molar-refractivity contribution is 0.419. The van der Waals surface area contributed by atoms with E-state index in [4.69, 9.17) is 11.1 Å². The highest BCUT2D eigenvalue weighted by Crippen LogP contribution is 2.18. The molecule has 0 aromatic heterocycles. The van der Waals surface area contributed by atoms with Gasteiger partial charge >= 0.3 is 0 Å². The summed E-state index contributed by atoms with van der Waals surface area (Å²) >= 11 is 0. The van der Waals surface area contributed by atoms with Crippen LogP contribution in [0.3, 0.4) is 0 Å². The maximum atomic E-state index is 11.9. The Morgan fingerprint density at radius 3 is 2.13 bits per heavy atom. The number of hydrogen-bond acceptors (Lipinski definition) is 3. The molecule has 0 fully saturated rings. The highest BCUT2D eigenvalue weighted by atomic mass is 32.2. The van der Waals surface area contributed by atoms with Crippen LogP contribution < -0.4 is 5.73 Å². The van der Waals surface area contributed by atoms with Crippen molar-refractivity contribution in [2.24, 2.45) is 11.1 Å². The number of hydrogen-bond donors (Lipinski definition) is 2. The van der Waals surface area contributed by atoms with E-state index in [1.54, 1.807) is 6.92 Å². The van der Waals surface area contributed by atoms with E-state index in [-0.39, 0.29) is 23.5 Å². The van der Waals surface area contributed by atoms with Gasteiger partial charge in [-0.3, -0.25) is 5.41 Å². The van der Waals surface area contributed by atoms with Crippen molar-refractivity contribution in [1.82, 2.24) is 4.31 Å². The molecule has 0 amide bonds. The van der Waals surface area contributed by atoms with Crippen LogP contribution in [0.25, 0.3) is 0 Å². The summed E-state index contributed by atoms with van der Waals surface area (Å²) in [5.41, 5.74) is 4.92. The first-order valence-corrected chi connectivity index (χ1v) is 6.50. The molecule has 0 aliphatic carbocycles. The lowest BCUT2D eigenvalue weighted by Gasteiger charge is -2.25. The molecule has 0 saturated heterocycles. The second-order valence-electron chi connectivity index (χ2n) is 4.77. The topological polar surface area (TPSA) is 87.2 Å². The SMILES string of the molecule is CCN(CC(=N)N)S(=O)(=O)CC(C)(C)C. The van der Waals surface area contributed by atoms with Crippen molar-refractivity contribution in [3.05, 3.63) is 0 Å². The zero-order valence-electron chi connectivity index (χ0n) is 9.87. The summed E-state index contributed by atoms with van der Waals surface area (Å²) in [5.74, 6) is -0.0597. The molecule has 3 N–H and O–H groups in total. The summed E-state index contributed by atoms with van der Waals surface area (Å²) in [4.78, 5) is 0. The highest BCUT2D eigenvalue weighted by Gasteiger charge is 2.27. The van der Waals surface area contributed by atoms with Gasteiger partial charge in [0.05, 0.1) is 12.3 Å². The van der Waals surface area contributed by atoms with E-state index in [0.717, 1.165) is 0 Å². The molecule has 0 bridgehead atoms. The van der Waals surface area contributed by atoms with Gasteiger partial charge in [-0.15, -0.1) is 0 Å². The van der Waals surface area contributed by atoms with Gasteiger partial charge in [0, 0.05) is 6.54 Å². The van der Waals surface area contributed by atoms with E-state index >= 15 is 0 Å². The molecule has 0 aromatic carbocycles. The molecule has 90 valence electrons. The first kappa shape index (κ1) is 14.4. The number of rotatable bonds is 5. The molecule has 0 atom stereocenters. The zero-order valence-corrected chi connectivity index (χ0v) is 10.7. The molecule has 0 radical (unpaired) electrons. The van der Waals surface area contributed by atoms with Crippen LogP contribution in [0.2, 0.25) is 0 Å². The Balaban J connectivity index is 4.75. The van der Waals surface area contributed by atoms with E-state index in [2.05, 4.69) is 0 Å². The lowest BCUT2D eigenvalue weighted by atomic mass is 10.0. The van der Waals surface area contributed by atoms with Gasteiger partial charge in [0.2, 0.25) is 10.0 Å². The molecule has 6 heteroatoms. The molecule has 0 rings (SSSR count). The van der Waals surface area contributed by atoms with Crippen molar-refractivity contribution in [3.8, 4) is 0 Å². The second kappa shape index (κ2) is 4.94. The molecule has 0 aromatic rings. The Kier molecular flexibility index (Phi) is 4.73. The first-order valence-electron chi connectivity index (χ1n) is 4.89. The van der Waals surface area contributed by atoms with Crippen molar-refractivity contribution in [3.63, 3.8) is 0 Å². The summed E-state index contributed by atoms with van der Waals surface area (Å²) in [7, 11) is -3.31. The van der Waals surface area contributed by atoms with Crippen molar-refractivity contribution < 1.29 is 8.42 Å². The fourth-order valence-corrected chi connectivity index (χ4v) is 3.24. The predicted molar refractivity (Wildman–Crippen MR) is 62.4 cm³/mol. The Morgan fingerprint density at radius 1 is 1.40 bits per heavy atom. The summed E-state index contributed by atoms with van der Waals surface area (Å²) < 4.78 is 25.0. The number of sulfonamides is 1. The van der Waals surface area contributed by atoms with Gasteiger partial charge in [-0.2, -0.15) is 4.31 Å². The van der Waals surface area contributed by atoms with Crippen LogP contribution in [0.4, 0.5) is 0 Å². The van der Waals surface area contributed by atoms with Crippen LogP contribution in [-0.4, -0.2) is 37.4 Å². The quantitative estimate of drug-likeness (QED) is 0.541. The van der Waals surface area contributed by atoms with Crippen LogP contribution >= 0.6 is 0 Å².